The molecule has 0 unspecified atom stereocenters. The Kier molecular flexibility index (Phi) is 4.81. The first-order valence-electron chi connectivity index (χ1n) is 11.1. The van der Waals surface area contributed by atoms with Crippen molar-refractivity contribution in [3.63, 3.8) is 0 Å². The van der Waals surface area contributed by atoms with Crippen molar-refractivity contribution in [3.05, 3.63) is 42.5 Å². The summed E-state index contributed by atoms with van der Waals surface area (Å²) in [6.07, 6.45) is 1.58. The summed E-state index contributed by atoms with van der Waals surface area (Å²) in [5.41, 5.74) is 2.53. The van der Waals surface area contributed by atoms with E-state index in [4.69, 9.17) is 23.9 Å². The van der Waals surface area contributed by atoms with Gasteiger partial charge in [0.25, 0.3) is 0 Å². The zero-order valence-corrected chi connectivity index (χ0v) is 18.7. The highest BCUT2D eigenvalue weighted by Crippen LogP contribution is 2.36. The summed E-state index contributed by atoms with van der Waals surface area (Å²) < 4.78 is 24.8. The fraction of sp³-hybridized carbons (Fsp3) is 0.375. The Balaban J connectivity index is 1.50. The molecule has 2 aromatic carbocycles. The van der Waals surface area contributed by atoms with Crippen LogP contribution >= 0.6 is 0 Å². The fourth-order valence-corrected chi connectivity index (χ4v) is 4.77. The van der Waals surface area contributed by atoms with Crippen molar-refractivity contribution in [3.8, 4) is 22.9 Å². The number of piperidine rings is 1. The van der Waals surface area contributed by atoms with E-state index in [-0.39, 0.29) is 0 Å². The Hall–Kier alpha value is -3.43. The van der Waals surface area contributed by atoms with E-state index in [1.54, 1.807) is 14.2 Å². The summed E-state index contributed by atoms with van der Waals surface area (Å²) in [7, 11) is 3.25. The highest BCUT2D eigenvalue weighted by Gasteiger charge is 2.40. The van der Waals surface area contributed by atoms with Crippen LogP contribution < -0.4 is 14.4 Å². The second kappa shape index (κ2) is 7.86. The monoisotopic (exact) mass is 447 g/mol. The van der Waals surface area contributed by atoms with Crippen LogP contribution in [0, 0.1) is 0 Å². The SMILES string of the molecule is COc1ccc(-c2nnc3c4ccccc4nc(N4CCC5(CC4)OCCO5)n23)cc1OC. The van der Waals surface area contributed by atoms with Crippen molar-refractivity contribution in [2.45, 2.75) is 18.6 Å². The summed E-state index contributed by atoms with van der Waals surface area (Å²) in [4.78, 5) is 7.32. The molecular weight excluding hydrogens is 422 g/mol. The minimum absolute atomic E-state index is 0.453. The number of methoxy groups -OCH3 is 2. The number of hydrogen-bond acceptors (Lipinski definition) is 8. The van der Waals surface area contributed by atoms with Crippen LogP contribution in [0.25, 0.3) is 27.9 Å². The van der Waals surface area contributed by atoms with Crippen LogP contribution in [-0.2, 0) is 9.47 Å². The molecule has 9 heteroatoms. The van der Waals surface area contributed by atoms with Crippen LogP contribution in [0.4, 0.5) is 5.95 Å². The number of anilines is 1. The van der Waals surface area contributed by atoms with Gasteiger partial charge in [0.1, 0.15) is 0 Å². The van der Waals surface area contributed by atoms with Crippen molar-refractivity contribution in [1.29, 1.82) is 0 Å². The molecule has 4 aromatic rings. The Morgan fingerprint density at radius 2 is 1.67 bits per heavy atom. The third kappa shape index (κ3) is 3.27. The van der Waals surface area contributed by atoms with Crippen LogP contribution in [0.1, 0.15) is 12.8 Å². The van der Waals surface area contributed by atoms with Crippen molar-refractivity contribution in [2.24, 2.45) is 0 Å². The molecule has 0 amide bonds. The third-order valence-corrected chi connectivity index (χ3v) is 6.49. The van der Waals surface area contributed by atoms with Gasteiger partial charge in [-0.25, -0.2) is 9.38 Å². The summed E-state index contributed by atoms with van der Waals surface area (Å²) in [6.45, 7) is 2.86. The molecule has 0 bridgehead atoms. The molecule has 1 spiro atoms. The Morgan fingerprint density at radius 3 is 2.42 bits per heavy atom. The van der Waals surface area contributed by atoms with Gasteiger partial charge >= 0.3 is 0 Å². The van der Waals surface area contributed by atoms with Crippen LogP contribution in [0.15, 0.2) is 42.5 Å². The number of benzene rings is 2. The number of hydrogen-bond donors (Lipinski definition) is 0. The molecular formula is C24H25N5O4. The van der Waals surface area contributed by atoms with Gasteiger partial charge in [0.2, 0.25) is 5.95 Å². The lowest BCUT2D eigenvalue weighted by atomic mass is 10.0. The molecule has 4 heterocycles. The normalized spacial score (nSPS) is 17.8. The van der Waals surface area contributed by atoms with Gasteiger partial charge in [0.15, 0.2) is 28.8 Å². The topological polar surface area (TPSA) is 83.2 Å². The van der Waals surface area contributed by atoms with E-state index in [1.807, 2.05) is 46.9 Å². The molecule has 0 aliphatic carbocycles. The van der Waals surface area contributed by atoms with Crippen molar-refractivity contribution in [1.82, 2.24) is 19.6 Å². The Morgan fingerprint density at radius 1 is 0.909 bits per heavy atom. The number of rotatable bonds is 4. The maximum Gasteiger partial charge on any atom is 0.213 e. The van der Waals surface area contributed by atoms with Gasteiger partial charge < -0.3 is 23.8 Å². The first-order valence-corrected chi connectivity index (χ1v) is 11.1. The maximum absolute atomic E-state index is 5.92. The second-order valence-electron chi connectivity index (χ2n) is 8.28. The molecule has 0 radical (unpaired) electrons. The molecule has 170 valence electrons. The molecule has 0 saturated carbocycles. The van der Waals surface area contributed by atoms with E-state index in [9.17, 15) is 0 Å². The Labute approximate surface area is 190 Å². The molecule has 0 atom stereocenters. The second-order valence-corrected chi connectivity index (χ2v) is 8.28. The predicted molar refractivity (Wildman–Crippen MR) is 123 cm³/mol. The summed E-state index contributed by atoms with van der Waals surface area (Å²) in [5.74, 6) is 2.36. The fourth-order valence-electron chi connectivity index (χ4n) is 4.77. The minimum Gasteiger partial charge on any atom is -0.493 e. The predicted octanol–water partition coefficient (Wildman–Crippen LogP) is 3.31. The van der Waals surface area contributed by atoms with Gasteiger partial charge in [0.05, 0.1) is 33.0 Å². The average molecular weight is 447 g/mol. The van der Waals surface area contributed by atoms with E-state index in [0.717, 1.165) is 54.0 Å². The largest absolute Gasteiger partial charge is 0.493 e. The van der Waals surface area contributed by atoms with Crippen LogP contribution in [0.3, 0.4) is 0 Å². The lowest BCUT2D eigenvalue weighted by Gasteiger charge is -2.38. The van der Waals surface area contributed by atoms with Crippen LogP contribution in [0.2, 0.25) is 0 Å². The molecule has 2 aliphatic heterocycles. The maximum atomic E-state index is 5.92. The molecule has 2 saturated heterocycles. The molecule has 0 N–H and O–H groups in total. The lowest BCUT2D eigenvalue weighted by molar-refractivity contribution is -0.169. The Bertz CT molecular complexity index is 1320. The van der Waals surface area contributed by atoms with Gasteiger partial charge in [-0.1, -0.05) is 12.1 Å². The summed E-state index contributed by atoms with van der Waals surface area (Å²) in [6, 6.07) is 13.8. The van der Waals surface area contributed by atoms with Crippen molar-refractivity contribution < 1.29 is 18.9 Å². The van der Waals surface area contributed by atoms with E-state index in [0.29, 0.717) is 30.5 Å². The van der Waals surface area contributed by atoms with Crippen LogP contribution in [-0.4, -0.2) is 65.9 Å². The first-order chi connectivity index (χ1) is 16.2. The quantitative estimate of drug-likeness (QED) is 0.471. The minimum atomic E-state index is -0.453. The summed E-state index contributed by atoms with van der Waals surface area (Å²) >= 11 is 0. The van der Waals surface area contributed by atoms with Gasteiger partial charge in [-0.05, 0) is 30.3 Å². The average Bonchev–Trinajstić information content (AvgIpc) is 3.51. The summed E-state index contributed by atoms with van der Waals surface area (Å²) in [5, 5.41) is 10.1. The van der Waals surface area contributed by atoms with E-state index in [1.165, 1.54) is 0 Å². The van der Waals surface area contributed by atoms with E-state index >= 15 is 0 Å². The molecule has 9 nitrogen and oxygen atoms in total. The zero-order chi connectivity index (χ0) is 22.4. The lowest BCUT2D eigenvalue weighted by Crippen LogP contribution is -2.46. The van der Waals surface area contributed by atoms with Gasteiger partial charge in [-0.3, -0.25) is 0 Å². The van der Waals surface area contributed by atoms with Gasteiger partial charge in [0, 0.05) is 36.9 Å². The van der Waals surface area contributed by atoms with Gasteiger partial charge in [-0.2, -0.15) is 0 Å². The molecule has 6 rings (SSSR count). The standard InChI is InChI=1S/C24H25N5O4/c1-30-19-8-7-16(15-20(19)31-2)21-26-27-22-17-5-3-4-6-18(17)25-23(29(21)22)28-11-9-24(10-12-28)32-13-14-33-24/h3-8,15H,9-14H2,1-2H3. The van der Waals surface area contributed by atoms with Crippen LogP contribution in [0.5, 0.6) is 11.5 Å². The molecule has 33 heavy (non-hydrogen) atoms. The number of para-hydroxylation sites is 1. The van der Waals surface area contributed by atoms with Crippen molar-refractivity contribution in [2.75, 3.05) is 45.4 Å². The number of fused-ring (bicyclic) bond motifs is 3. The number of aromatic nitrogens is 4. The number of ether oxygens (including phenoxy) is 4. The van der Waals surface area contributed by atoms with E-state index < -0.39 is 5.79 Å². The van der Waals surface area contributed by atoms with Gasteiger partial charge in [-0.15, -0.1) is 10.2 Å². The molecule has 2 aliphatic rings. The highest BCUT2D eigenvalue weighted by molar-refractivity contribution is 5.93. The zero-order valence-electron chi connectivity index (χ0n) is 18.7. The first kappa shape index (κ1) is 20.2. The smallest absolute Gasteiger partial charge is 0.213 e. The highest BCUT2D eigenvalue weighted by atomic mass is 16.7. The molecule has 2 fully saturated rings. The number of nitrogens with zero attached hydrogens (tertiary/aromatic N) is 5. The van der Waals surface area contributed by atoms with E-state index in [2.05, 4.69) is 15.1 Å². The third-order valence-electron chi connectivity index (χ3n) is 6.49. The molecule has 2 aromatic heterocycles. The van der Waals surface area contributed by atoms with Crippen molar-refractivity contribution >= 4 is 22.5 Å².